The zero-order chi connectivity index (χ0) is 14.2. The fourth-order valence-corrected chi connectivity index (χ4v) is 1.89. The van der Waals surface area contributed by atoms with Crippen molar-refractivity contribution in [1.29, 1.82) is 0 Å². The van der Waals surface area contributed by atoms with Crippen molar-refractivity contribution < 1.29 is 9.53 Å². The van der Waals surface area contributed by atoms with Crippen LogP contribution >= 0.6 is 0 Å². The number of methoxy groups -OCH3 is 1. The lowest BCUT2D eigenvalue weighted by Crippen LogP contribution is -2.32. The summed E-state index contributed by atoms with van der Waals surface area (Å²) < 4.78 is 5.39. The first-order chi connectivity index (χ1) is 9.79. The molecule has 1 atom stereocenters. The molecule has 4 heteroatoms. The average Bonchev–Trinajstić information content (AvgIpc) is 2.50. The topological polar surface area (TPSA) is 50.4 Å². The number of hydrogen-bond donors (Lipinski definition) is 2. The Hall–Kier alpha value is -2.33. The number of ether oxygens (including phenoxy) is 1. The Kier molecular flexibility index (Phi) is 5.15. The predicted octanol–water partition coefficient (Wildman–Crippen LogP) is 3.20. The number of carbonyl (C=O) groups is 1. The molecule has 2 amide bonds. The van der Waals surface area contributed by atoms with Crippen LogP contribution < -0.4 is 10.6 Å². The van der Waals surface area contributed by atoms with E-state index in [9.17, 15) is 4.79 Å². The van der Waals surface area contributed by atoms with E-state index in [1.54, 1.807) is 7.11 Å². The summed E-state index contributed by atoms with van der Waals surface area (Å²) in [5, 5.41) is 5.57. The molecule has 2 aromatic carbocycles. The Balaban J connectivity index is 1.86. The first kappa shape index (κ1) is 14.1. The van der Waals surface area contributed by atoms with Gasteiger partial charge in [0.1, 0.15) is 0 Å². The van der Waals surface area contributed by atoms with E-state index in [0.29, 0.717) is 6.54 Å². The van der Waals surface area contributed by atoms with Crippen LogP contribution in [0.25, 0.3) is 0 Å². The third-order valence-electron chi connectivity index (χ3n) is 2.94. The van der Waals surface area contributed by atoms with Crippen molar-refractivity contribution in [3.05, 3.63) is 66.2 Å². The van der Waals surface area contributed by atoms with Crippen molar-refractivity contribution >= 4 is 11.7 Å². The van der Waals surface area contributed by atoms with Gasteiger partial charge in [-0.25, -0.2) is 4.79 Å². The number of hydrogen-bond acceptors (Lipinski definition) is 2. The summed E-state index contributed by atoms with van der Waals surface area (Å²) in [6.07, 6.45) is -0.155. The number of nitrogens with one attached hydrogen (secondary N) is 2. The summed E-state index contributed by atoms with van der Waals surface area (Å²) in [7, 11) is 1.63. The summed E-state index contributed by atoms with van der Waals surface area (Å²) in [6.45, 7) is 0.416. The second kappa shape index (κ2) is 7.31. The van der Waals surface area contributed by atoms with Gasteiger partial charge in [0, 0.05) is 19.3 Å². The molecule has 0 bridgehead atoms. The second-order valence-electron chi connectivity index (χ2n) is 4.34. The Labute approximate surface area is 118 Å². The quantitative estimate of drug-likeness (QED) is 0.876. The van der Waals surface area contributed by atoms with Gasteiger partial charge in [0.05, 0.1) is 6.10 Å². The minimum atomic E-state index is -0.241. The molecule has 0 saturated carbocycles. The van der Waals surface area contributed by atoms with Gasteiger partial charge in [-0.15, -0.1) is 0 Å². The Morgan fingerprint density at radius 3 is 2.25 bits per heavy atom. The normalized spacial score (nSPS) is 11.7. The summed E-state index contributed by atoms with van der Waals surface area (Å²) >= 11 is 0. The SMILES string of the molecule is COC(CNC(=O)Nc1ccccc1)c1ccccc1. The van der Waals surface area contributed by atoms with Gasteiger partial charge < -0.3 is 15.4 Å². The molecular formula is C16H18N2O2. The molecule has 0 aliphatic carbocycles. The monoisotopic (exact) mass is 270 g/mol. The van der Waals surface area contributed by atoms with Crippen molar-refractivity contribution in [1.82, 2.24) is 5.32 Å². The number of carbonyl (C=O) groups excluding carboxylic acids is 1. The van der Waals surface area contributed by atoms with Crippen molar-refractivity contribution in [2.75, 3.05) is 19.0 Å². The van der Waals surface area contributed by atoms with Crippen molar-refractivity contribution in [3.63, 3.8) is 0 Å². The maximum absolute atomic E-state index is 11.8. The molecule has 4 nitrogen and oxygen atoms in total. The van der Waals surface area contributed by atoms with Gasteiger partial charge in [-0.2, -0.15) is 0 Å². The lowest BCUT2D eigenvalue weighted by Gasteiger charge is -2.16. The second-order valence-corrected chi connectivity index (χ2v) is 4.34. The molecule has 0 heterocycles. The van der Waals surface area contributed by atoms with E-state index >= 15 is 0 Å². The van der Waals surface area contributed by atoms with E-state index in [4.69, 9.17) is 4.74 Å². The van der Waals surface area contributed by atoms with Gasteiger partial charge in [-0.3, -0.25) is 0 Å². The van der Waals surface area contributed by atoms with Crippen molar-refractivity contribution in [2.24, 2.45) is 0 Å². The average molecular weight is 270 g/mol. The molecule has 0 fully saturated rings. The first-order valence-corrected chi connectivity index (χ1v) is 6.47. The summed E-state index contributed by atoms with van der Waals surface area (Å²) in [5.74, 6) is 0. The Morgan fingerprint density at radius 1 is 1.05 bits per heavy atom. The lowest BCUT2D eigenvalue weighted by atomic mass is 10.1. The van der Waals surface area contributed by atoms with Crippen LogP contribution in [0, 0.1) is 0 Å². The Morgan fingerprint density at radius 2 is 1.65 bits per heavy atom. The maximum atomic E-state index is 11.8. The van der Waals surface area contributed by atoms with E-state index in [1.807, 2.05) is 60.7 Å². The van der Waals surface area contributed by atoms with Crippen LogP contribution in [0.1, 0.15) is 11.7 Å². The summed E-state index contributed by atoms with van der Waals surface area (Å²) in [6, 6.07) is 18.9. The van der Waals surface area contributed by atoms with Crippen LogP contribution in [0.5, 0.6) is 0 Å². The highest BCUT2D eigenvalue weighted by Crippen LogP contribution is 2.14. The summed E-state index contributed by atoms with van der Waals surface area (Å²) in [4.78, 5) is 11.8. The van der Waals surface area contributed by atoms with Gasteiger partial charge in [0.25, 0.3) is 0 Å². The zero-order valence-electron chi connectivity index (χ0n) is 11.4. The number of urea groups is 1. The highest BCUT2D eigenvalue weighted by atomic mass is 16.5. The van der Waals surface area contributed by atoms with E-state index < -0.39 is 0 Å². The fourth-order valence-electron chi connectivity index (χ4n) is 1.89. The van der Waals surface area contributed by atoms with E-state index in [-0.39, 0.29) is 12.1 Å². The van der Waals surface area contributed by atoms with Crippen LogP contribution in [0.15, 0.2) is 60.7 Å². The molecule has 104 valence electrons. The molecule has 2 rings (SSSR count). The molecule has 2 aromatic rings. The molecule has 1 unspecified atom stereocenters. The van der Waals surface area contributed by atoms with Crippen molar-refractivity contribution in [2.45, 2.75) is 6.10 Å². The van der Waals surface area contributed by atoms with E-state index in [2.05, 4.69) is 10.6 Å². The number of benzene rings is 2. The van der Waals surface area contributed by atoms with Crippen LogP contribution in [0.2, 0.25) is 0 Å². The molecule has 2 N–H and O–H groups in total. The molecule has 0 spiro atoms. The van der Waals surface area contributed by atoms with Gasteiger partial charge in [0.2, 0.25) is 0 Å². The minimum Gasteiger partial charge on any atom is -0.375 e. The number of rotatable bonds is 5. The van der Waals surface area contributed by atoms with Gasteiger partial charge in [0.15, 0.2) is 0 Å². The largest absolute Gasteiger partial charge is 0.375 e. The third-order valence-corrected chi connectivity index (χ3v) is 2.94. The maximum Gasteiger partial charge on any atom is 0.319 e. The molecule has 20 heavy (non-hydrogen) atoms. The number of amides is 2. The molecule has 0 saturated heterocycles. The van der Waals surface area contributed by atoms with Crippen LogP contribution in [0.4, 0.5) is 10.5 Å². The third kappa shape index (κ3) is 4.10. The highest BCUT2D eigenvalue weighted by Gasteiger charge is 2.11. The van der Waals surface area contributed by atoms with Crippen LogP contribution in [0.3, 0.4) is 0 Å². The van der Waals surface area contributed by atoms with Crippen LogP contribution in [-0.2, 0) is 4.74 Å². The summed E-state index contributed by atoms with van der Waals surface area (Å²) in [5.41, 5.74) is 1.80. The first-order valence-electron chi connectivity index (χ1n) is 6.47. The Bertz CT molecular complexity index is 529. The fraction of sp³-hybridized carbons (Fsp3) is 0.188. The molecule has 0 aliphatic rings. The lowest BCUT2D eigenvalue weighted by molar-refractivity contribution is 0.104. The van der Waals surface area contributed by atoms with Gasteiger partial charge in [-0.05, 0) is 17.7 Å². The van der Waals surface area contributed by atoms with Gasteiger partial charge in [-0.1, -0.05) is 48.5 Å². The molecule has 0 aromatic heterocycles. The van der Waals surface area contributed by atoms with E-state index in [0.717, 1.165) is 11.3 Å². The molecular weight excluding hydrogens is 252 g/mol. The molecule has 0 radical (unpaired) electrons. The minimum absolute atomic E-state index is 0.155. The standard InChI is InChI=1S/C16H18N2O2/c1-20-15(13-8-4-2-5-9-13)12-17-16(19)18-14-10-6-3-7-11-14/h2-11,15H,12H2,1H3,(H2,17,18,19). The van der Waals surface area contributed by atoms with Crippen molar-refractivity contribution in [3.8, 4) is 0 Å². The number of para-hydroxylation sites is 1. The van der Waals surface area contributed by atoms with Crippen LogP contribution in [-0.4, -0.2) is 19.7 Å². The molecule has 0 aliphatic heterocycles. The smallest absolute Gasteiger partial charge is 0.319 e. The van der Waals surface area contributed by atoms with E-state index in [1.165, 1.54) is 0 Å². The zero-order valence-corrected chi connectivity index (χ0v) is 11.4. The predicted molar refractivity (Wildman–Crippen MR) is 79.7 cm³/mol. The highest BCUT2D eigenvalue weighted by molar-refractivity contribution is 5.89. The van der Waals surface area contributed by atoms with Gasteiger partial charge >= 0.3 is 6.03 Å². The number of anilines is 1.